The highest BCUT2D eigenvalue weighted by molar-refractivity contribution is 9.10. The zero-order valence-electron chi connectivity index (χ0n) is 12.1. The summed E-state index contributed by atoms with van der Waals surface area (Å²) < 4.78 is 39.2. The smallest absolute Gasteiger partial charge is 0.416 e. The van der Waals surface area contributed by atoms with Crippen LogP contribution in [0, 0.1) is 21.2 Å². The molecule has 0 saturated carbocycles. The molecular formula is C15H7BrF3N4O2-. The van der Waals surface area contributed by atoms with Crippen LogP contribution >= 0.6 is 15.9 Å². The van der Waals surface area contributed by atoms with E-state index in [1.54, 1.807) is 6.07 Å². The van der Waals surface area contributed by atoms with E-state index >= 15 is 0 Å². The maximum absolute atomic E-state index is 12.9. The van der Waals surface area contributed by atoms with Gasteiger partial charge in [0.15, 0.2) is 5.48 Å². The molecule has 0 spiro atoms. The third-order valence-electron chi connectivity index (χ3n) is 3.84. The minimum Gasteiger partial charge on any atom is -0.612 e. The van der Waals surface area contributed by atoms with E-state index < -0.39 is 16.6 Å². The van der Waals surface area contributed by atoms with Crippen molar-refractivity contribution < 1.29 is 13.2 Å². The van der Waals surface area contributed by atoms with Crippen LogP contribution in [0.4, 0.5) is 13.2 Å². The molecule has 128 valence electrons. The van der Waals surface area contributed by atoms with E-state index in [0.717, 1.165) is 12.1 Å². The first-order valence-electron chi connectivity index (χ1n) is 6.93. The molecule has 1 aliphatic carbocycles. The number of nitrogens with one attached hydrogen (secondary N) is 2. The van der Waals surface area contributed by atoms with E-state index in [1.807, 2.05) is 0 Å². The van der Waals surface area contributed by atoms with Crippen LogP contribution in [0.15, 0.2) is 34.8 Å². The molecule has 1 aromatic carbocycles. The SMILES string of the molecule is [O-][N+]([O-])=c1cc(Br)cc2c3[nH]c4cc(C(F)(F)F)ccc4[nH]c=3nc1-2. The number of alkyl halides is 3. The molecule has 0 saturated heterocycles. The molecule has 3 aliphatic rings. The summed E-state index contributed by atoms with van der Waals surface area (Å²) in [5, 5.41) is 22.7. The van der Waals surface area contributed by atoms with Crippen molar-refractivity contribution in [2.75, 3.05) is 0 Å². The molecular weight excluding hydrogens is 405 g/mol. The lowest BCUT2D eigenvalue weighted by atomic mass is 10.1. The summed E-state index contributed by atoms with van der Waals surface area (Å²) in [5.41, 5.74) is 0.751. The minimum atomic E-state index is -4.47. The topological polar surface area (TPSA) is 93.6 Å². The van der Waals surface area contributed by atoms with Crippen LogP contribution in [0.25, 0.3) is 22.3 Å². The molecule has 0 fully saturated rings. The van der Waals surface area contributed by atoms with Crippen LogP contribution in [0.1, 0.15) is 5.56 Å². The minimum absolute atomic E-state index is 0.155. The van der Waals surface area contributed by atoms with Gasteiger partial charge in [-0.25, -0.2) is 4.98 Å². The summed E-state index contributed by atoms with van der Waals surface area (Å²) in [6, 6.07) is 6.19. The van der Waals surface area contributed by atoms with E-state index in [1.165, 1.54) is 12.1 Å². The highest BCUT2D eigenvalue weighted by Crippen LogP contribution is 2.31. The number of hydrogen-bond acceptors (Lipinski definition) is 3. The first-order chi connectivity index (χ1) is 11.7. The molecule has 4 rings (SSSR count). The van der Waals surface area contributed by atoms with Crippen LogP contribution in [0.5, 0.6) is 0 Å². The van der Waals surface area contributed by atoms with E-state index in [9.17, 15) is 23.6 Å². The summed E-state index contributed by atoms with van der Waals surface area (Å²) >= 11 is 3.20. The normalized spacial score (nSPS) is 12.3. The highest BCUT2D eigenvalue weighted by Gasteiger charge is 2.30. The van der Waals surface area contributed by atoms with Crippen molar-refractivity contribution in [3.05, 3.63) is 67.0 Å². The van der Waals surface area contributed by atoms with E-state index in [2.05, 4.69) is 30.9 Å². The molecule has 2 N–H and O–H groups in total. The number of benzene rings is 2. The maximum Gasteiger partial charge on any atom is 0.416 e. The molecule has 0 bridgehead atoms. The van der Waals surface area contributed by atoms with Crippen LogP contribution in [-0.2, 0) is 6.18 Å². The second-order valence-electron chi connectivity index (χ2n) is 5.42. The lowest BCUT2D eigenvalue weighted by Crippen LogP contribution is -2.21. The number of halogens is 4. The Morgan fingerprint density at radius 2 is 1.80 bits per heavy atom. The monoisotopic (exact) mass is 411 g/mol. The average molecular weight is 412 g/mol. The highest BCUT2D eigenvalue weighted by atomic mass is 79.9. The van der Waals surface area contributed by atoms with Gasteiger partial charge >= 0.3 is 6.18 Å². The Hall–Kier alpha value is -2.75. The lowest BCUT2D eigenvalue weighted by Gasteiger charge is -2.08. The first-order valence-corrected chi connectivity index (χ1v) is 7.73. The molecule has 10 heteroatoms. The summed E-state index contributed by atoms with van der Waals surface area (Å²) in [4.78, 5) is 9.49. The molecule has 0 atom stereocenters. The fourth-order valence-corrected chi connectivity index (χ4v) is 3.19. The van der Waals surface area contributed by atoms with Gasteiger partial charge in [0.25, 0.3) is 5.36 Å². The van der Waals surface area contributed by atoms with Crippen molar-refractivity contribution in [2.24, 2.45) is 0 Å². The molecule has 0 amide bonds. The number of rotatable bonds is 0. The van der Waals surface area contributed by atoms with Crippen molar-refractivity contribution in [1.29, 1.82) is 0 Å². The van der Waals surface area contributed by atoms with E-state index in [4.69, 9.17) is 0 Å². The first kappa shape index (κ1) is 15.8. The second kappa shape index (κ2) is 5.12. The van der Waals surface area contributed by atoms with Gasteiger partial charge in [-0.1, -0.05) is 15.9 Å². The van der Waals surface area contributed by atoms with Crippen LogP contribution in [-0.4, -0.2) is 15.0 Å². The quantitative estimate of drug-likeness (QED) is 0.434. The summed E-state index contributed by atoms with van der Waals surface area (Å²) in [5.74, 6) is 0. The van der Waals surface area contributed by atoms with Gasteiger partial charge in [-0.05, 0) is 24.3 Å². The average Bonchev–Trinajstić information content (AvgIpc) is 2.87. The van der Waals surface area contributed by atoms with Crippen molar-refractivity contribution in [3.63, 3.8) is 0 Å². The molecule has 6 nitrogen and oxygen atoms in total. The van der Waals surface area contributed by atoms with Gasteiger partial charge in [-0.3, -0.25) is 0 Å². The Morgan fingerprint density at radius 3 is 2.48 bits per heavy atom. The zero-order chi connectivity index (χ0) is 17.9. The third-order valence-corrected chi connectivity index (χ3v) is 4.30. The molecule has 2 heterocycles. The molecule has 25 heavy (non-hydrogen) atoms. The van der Waals surface area contributed by atoms with E-state index in [-0.39, 0.29) is 16.6 Å². The van der Waals surface area contributed by atoms with Gasteiger partial charge in [0.2, 0.25) is 0 Å². The van der Waals surface area contributed by atoms with Crippen molar-refractivity contribution in [3.8, 4) is 11.3 Å². The van der Waals surface area contributed by atoms with Crippen molar-refractivity contribution >= 4 is 27.0 Å². The summed E-state index contributed by atoms with van der Waals surface area (Å²) in [6.45, 7) is 0. The Kier molecular flexibility index (Phi) is 3.23. The number of hydrogen-bond donors (Lipinski definition) is 2. The van der Waals surface area contributed by atoms with Crippen molar-refractivity contribution in [1.82, 2.24) is 19.9 Å². The van der Waals surface area contributed by atoms with Gasteiger partial charge in [0.05, 0.1) is 21.9 Å². The zero-order valence-corrected chi connectivity index (χ0v) is 13.7. The molecule has 0 radical (unpaired) electrons. The Bertz CT molecular complexity index is 1220. The van der Waals surface area contributed by atoms with Gasteiger partial charge in [-0.15, -0.1) is 0 Å². The fraction of sp³-hybridized carbons (Fsp3) is 0.0667. The van der Waals surface area contributed by atoms with Crippen LogP contribution in [0.3, 0.4) is 0 Å². The largest absolute Gasteiger partial charge is 0.612 e. The van der Waals surface area contributed by atoms with Gasteiger partial charge in [0, 0.05) is 16.1 Å². The third kappa shape index (κ3) is 2.49. The summed E-state index contributed by atoms with van der Waals surface area (Å²) in [6.07, 6.45) is -4.47. The Labute approximate surface area is 144 Å². The van der Waals surface area contributed by atoms with Gasteiger partial charge in [0.1, 0.15) is 5.69 Å². The molecule has 0 unspecified atom stereocenters. The summed E-state index contributed by atoms with van der Waals surface area (Å²) in [7, 11) is 0. The van der Waals surface area contributed by atoms with Crippen LogP contribution in [0.2, 0.25) is 0 Å². The predicted molar refractivity (Wildman–Crippen MR) is 87.1 cm³/mol. The fourth-order valence-electron chi connectivity index (χ4n) is 2.74. The standard InChI is InChI=1S/C15H7BrF3N4O2/c16-7-4-8-12(11(5-7)23(24)25)22-14-13(8)20-10-3-6(15(17,18)19)1-2-9(10)21-14/h1-5,20-21H/q-1. The molecule has 2 aliphatic heterocycles. The van der Waals surface area contributed by atoms with Crippen LogP contribution < -0.4 is 10.3 Å². The lowest BCUT2D eigenvalue weighted by molar-refractivity contribution is -0.137. The number of nitrogens with zero attached hydrogens (tertiary/aromatic N) is 2. The molecule has 1 aromatic rings. The van der Waals surface area contributed by atoms with Gasteiger partial charge < -0.3 is 20.4 Å². The Balaban J connectivity index is 2.12. The number of fused-ring (bicyclic) bond motifs is 3. The van der Waals surface area contributed by atoms with E-state index in [0.29, 0.717) is 26.4 Å². The van der Waals surface area contributed by atoms with Gasteiger partial charge in [-0.2, -0.15) is 18.1 Å². The number of H-pyrrole nitrogens is 2. The number of aromatic nitrogens is 3. The Morgan fingerprint density at radius 1 is 1.04 bits per heavy atom. The van der Waals surface area contributed by atoms with Crippen molar-refractivity contribution in [2.45, 2.75) is 6.18 Å². The molecule has 0 aromatic heterocycles. The second-order valence-corrected chi connectivity index (χ2v) is 6.34. The number of aromatic amines is 2. The predicted octanol–water partition coefficient (Wildman–Crippen LogP) is 3.27. The maximum atomic E-state index is 12.9.